The van der Waals surface area contributed by atoms with Gasteiger partial charge in [-0.1, -0.05) is 26.7 Å². The fourth-order valence-electron chi connectivity index (χ4n) is 3.61. The minimum absolute atomic E-state index is 0.290. The Morgan fingerprint density at radius 3 is 2.53 bits per heavy atom. The smallest absolute Gasteiger partial charge is 0.150 e. The van der Waals surface area contributed by atoms with Crippen LogP contribution in [0.5, 0.6) is 0 Å². The fourth-order valence-corrected chi connectivity index (χ4v) is 5.56. The highest BCUT2D eigenvalue weighted by atomic mass is 32.2. The van der Waals surface area contributed by atoms with Gasteiger partial charge in [0.15, 0.2) is 9.84 Å². The topological polar surface area (TPSA) is 46.2 Å². The molecule has 4 heteroatoms. The quantitative estimate of drug-likeness (QED) is 0.819. The lowest BCUT2D eigenvalue weighted by Crippen LogP contribution is -2.58. The third kappa shape index (κ3) is 2.84. The molecule has 100 valence electrons. The number of hydrogen-bond donors (Lipinski definition) is 1. The van der Waals surface area contributed by atoms with Gasteiger partial charge < -0.3 is 5.32 Å². The number of sulfone groups is 1. The normalized spacial score (nSPS) is 32.0. The van der Waals surface area contributed by atoms with Crippen LogP contribution in [0.2, 0.25) is 0 Å². The molecule has 2 unspecified atom stereocenters. The van der Waals surface area contributed by atoms with Crippen LogP contribution in [0.4, 0.5) is 0 Å². The zero-order chi connectivity index (χ0) is 12.5. The lowest BCUT2D eigenvalue weighted by atomic mass is 9.65. The van der Waals surface area contributed by atoms with Gasteiger partial charge in [-0.15, -0.1) is 0 Å². The van der Waals surface area contributed by atoms with Gasteiger partial charge in [0.25, 0.3) is 0 Å². The first-order valence-corrected chi connectivity index (χ1v) is 8.71. The van der Waals surface area contributed by atoms with Gasteiger partial charge in [-0.05, 0) is 30.1 Å². The van der Waals surface area contributed by atoms with E-state index in [0.717, 1.165) is 25.4 Å². The molecule has 3 nitrogen and oxygen atoms in total. The van der Waals surface area contributed by atoms with Gasteiger partial charge in [0.1, 0.15) is 0 Å². The van der Waals surface area contributed by atoms with Crippen LogP contribution in [0, 0.1) is 17.3 Å². The molecule has 2 aliphatic rings. The summed E-state index contributed by atoms with van der Waals surface area (Å²) in [5, 5.41) is 3.36. The molecule has 0 spiro atoms. The maximum atomic E-state index is 11.6. The highest BCUT2D eigenvalue weighted by Gasteiger charge is 2.48. The van der Waals surface area contributed by atoms with E-state index in [1.54, 1.807) is 0 Å². The molecule has 0 radical (unpaired) electrons. The second-order valence-electron chi connectivity index (χ2n) is 6.16. The lowest BCUT2D eigenvalue weighted by Gasteiger charge is -2.48. The van der Waals surface area contributed by atoms with Crippen LogP contribution in [-0.2, 0) is 9.84 Å². The summed E-state index contributed by atoms with van der Waals surface area (Å²) >= 11 is 0. The van der Waals surface area contributed by atoms with Crippen molar-refractivity contribution in [1.82, 2.24) is 5.32 Å². The van der Waals surface area contributed by atoms with Crippen molar-refractivity contribution in [2.45, 2.75) is 39.5 Å². The first-order valence-electron chi connectivity index (χ1n) is 6.88. The molecule has 0 amide bonds. The van der Waals surface area contributed by atoms with Gasteiger partial charge in [-0.2, -0.15) is 0 Å². The molecule has 17 heavy (non-hydrogen) atoms. The van der Waals surface area contributed by atoms with E-state index in [-0.39, 0.29) is 5.41 Å². The average Bonchev–Trinajstić information content (AvgIpc) is 2.53. The molecular formula is C13H25NO2S. The van der Waals surface area contributed by atoms with Crippen LogP contribution in [-0.4, -0.2) is 33.0 Å². The zero-order valence-electron chi connectivity index (χ0n) is 11.0. The molecule has 1 N–H and O–H groups in total. The van der Waals surface area contributed by atoms with Crippen molar-refractivity contribution < 1.29 is 8.42 Å². The SMILES string of the molecule is CCCC(C)CC1(C2CCS(=O)(=O)C2)CNC1. The Labute approximate surface area is 105 Å². The molecule has 2 heterocycles. The van der Waals surface area contributed by atoms with Crippen molar-refractivity contribution in [1.29, 1.82) is 0 Å². The Morgan fingerprint density at radius 1 is 1.41 bits per heavy atom. The van der Waals surface area contributed by atoms with Gasteiger partial charge in [-0.25, -0.2) is 8.42 Å². The first kappa shape index (κ1) is 13.3. The fraction of sp³-hybridized carbons (Fsp3) is 1.00. The summed E-state index contributed by atoms with van der Waals surface area (Å²) in [5.74, 6) is 1.99. The maximum Gasteiger partial charge on any atom is 0.150 e. The minimum Gasteiger partial charge on any atom is -0.316 e. The van der Waals surface area contributed by atoms with Gasteiger partial charge in [0.2, 0.25) is 0 Å². The zero-order valence-corrected chi connectivity index (χ0v) is 11.9. The molecule has 2 atom stereocenters. The van der Waals surface area contributed by atoms with E-state index in [4.69, 9.17) is 0 Å². The summed E-state index contributed by atoms with van der Waals surface area (Å²) in [7, 11) is -2.73. The predicted molar refractivity (Wildman–Crippen MR) is 70.8 cm³/mol. The lowest BCUT2D eigenvalue weighted by molar-refractivity contribution is 0.0602. The summed E-state index contributed by atoms with van der Waals surface area (Å²) in [6.45, 7) is 6.59. The van der Waals surface area contributed by atoms with Crippen LogP contribution >= 0.6 is 0 Å². The molecule has 0 aromatic carbocycles. The predicted octanol–water partition coefficient (Wildman–Crippen LogP) is 1.84. The van der Waals surface area contributed by atoms with Gasteiger partial charge >= 0.3 is 0 Å². The van der Waals surface area contributed by atoms with Crippen molar-refractivity contribution in [2.75, 3.05) is 24.6 Å². The number of rotatable bonds is 5. The van der Waals surface area contributed by atoms with Crippen LogP contribution in [0.3, 0.4) is 0 Å². The van der Waals surface area contributed by atoms with Gasteiger partial charge in [0, 0.05) is 13.1 Å². The molecule has 2 fully saturated rings. The van der Waals surface area contributed by atoms with Crippen LogP contribution < -0.4 is 5.32 Å². The molecular weight excluding hydrogens is 234 g/mol. The highest BCUT2D eigenvalue weighted by Crippen LogP contribution is 2.44. The second kappa shape index (κ2) is 4.88. The minimum atomic E-state index is -2.73. The van der Waals surface area contributed by atoms with Crippen molar-refractivity contribution >= 4 is 9.84 Å². The monoisotopic (exact) mass is 259 g/mol. The van der Waals surface area contributed by atoms with E-state index < -0.39 is 9.84 Å². The molecule has 2 rings (SSSR count). The van der Waals surface area contributed by atoms with E-state index in [2.05, 4.69) is 19.2 Å². The summed E-state index contributed by atoms with van der Waals surface area (Å²) in [4.78, 5) is 0. The Morgan fingerprint density at radius 2 is 2.12 bits per heavy atom. The Hall–Kier alpha value is -0.0900. The molecule has 2 saturated heterocycles. The number of nitrogens with one attached hydrogen (secondary N) is 1. The van der Waals surface area contributed by atoms with E-state index in [1.165, 1.54) is 19.3 Å². The van der Waals surface area contributed by atoms with Crippen molar-refractivity contribution in [3.05, 3.63) is 0 Å². The molecule has 0 bridgehead atoms. The Balaban J connectivity index is 2.00. The summed E-state index contributed by atoms with van der Waals surface area (Å²) < 4.78 is 23.2. The standard InChI is InChI=1S/C13H25NO2S/c1-3-4-11(2)7-13(9-14-10-13)12-5-6-17(15,16)8-12/h11-12,14H,3-10H2,1-2H3. The van der Waals surface area contributed by atoms with Gasteiger partial charge in [0.05, 0.1) is 11.5 Å². The third-order valence-electron chi connectivity index (χ3n) is 4.59. The van der Waals surface area contributed by atoms with E-state index in [0.29, 0.717) is 17.4 Å². The molecule has 2 aliphatic heterocycles. The van der Waals surface area contributed by atoms with E-state index in [1.807, 2.05) is 0 Å². The summed E-state index contributed by atoms with van der Waals surface area (Å²) in [6.07, 6.45) is 4.59. The third-order valence-corrected chi connectivity index (χ3v) is 6.36. The van der Waals surface area contributed by atoms with E-state index in [9.17, 15) is 8.42 Å². The van der Waals surface area contributed by atoms with E-state index >= 15 is 0 Å². The van der Waals surface area contributed by atoms with Crippen LogP contribution in [0.25, 0.3) is 0 Å². The molecule has 0 aromatic heterocycles. The maximum absolute atomic E-state index is 11.6. The largest absolute Gasteiger partial charge is 0.316 e. The van der Waals surface area contributed by atoms with Crippen molar-refractivity contribution in [3.63, 3.8) is 0 Å². The molecule has 0 aliphatic carbocycles. The van der Waals surface area contributed by atoms with Gasteiger partial charge in [-0.3, -0.25) is 0 Å². The number of hydrogen-bond acceptors (Lipinski definition) is 3. The van der Waals surface area contributed by atoms with Crippen LogP contribution in [0.1, 0.15) is 39.5 Å². The average molecular weight is 259 g/mol. The molecule has 0 saturated carbocycles. The molecule has 0 aromatic rings. The second-order valence-corrected chi connectivity index (χ2v) is 8.39. The van der Waals surface area contributed by atoms with Crippen LogP contribution in [0.15, 0.2) is 0 Å². The summed E-state index contributed by atoms with van der Waals surface area (Å²) in [6, 6.07) is 0. The van der Waals surface area contributed by atoms with Crippen molar-refractivity contribution in [2.24, 2.45) is 17.3 Å². The Bertz CT molecular complexity index is 360. The summed E-state index contributed by atoms with van der Waals surface area (Å²) in [5.41, 5.74) is 0.290. The first-order chi connectivity index (χ1) is 7.97. The Kier molecular flexibility index (Phi) is 3.83. The highest BCUT2D eigenvalue weighted by molar-refractivity contribution is 7.91. The van der Waals surface area contributed by atoms with Crippen molar-refractivity contribution in [3.8, 4) is 0 Å².